The third-order valence-corrected chi connectivity index (χ3v) is 3.82. The molecule has 1 saturated heterocycles. The van der Waals surface area contributed by atoms with Crippen LogP contribution in [0.2, 0.25) is 0 Å². The van der Waals surface area contributed by atoms with Gasteiger partial charge in [0.25, 0.3) is 0 Å². The molecule has 0 radical (unpaired) electrons. The smallest absolute Gasteiger partial charge is 0.326 e. The van der Waals surface area contributed by atoms with E-state index in [1.165, 1.54) is 0 Å². The highest BCUT2D eigenvalue weighted by Crippen LogP contribution is 2.22. The van der Waals surface area contributed by atoms with Crippen LogP contribution >= 0.6 is 11.8 Å². The number of hydrogen-bond acceptors (Lipinski definition) is 3. The van der Waals surface area contributed by atoms with Crippen LogP contribution in [0, 0.1) is 5.92 Å². The number of carbonyl (C=O) groups excluding carboxylic acids is 1. The summed E-state index contributed by atoms with van der Waals surface area (Å²) in [5.74, 6) is 1.77. The number of carboxylic acid groups (broad SMARTS) is 1. The molecule has 1 heterocycles. The Bertz CT molecular complexity index is 254. The van der Waals surface area contributed by atoms with Gasteiger partial charge in [-0.3, -0.25) is 0 Å². The zero-order valence-corrected chi connectivity index (χ0v) is 10.2. The molecule has 92 valence electrons. The molecule has 0 aliphatic carbocycles. The van der Waals surface area contributed by atoms with Gasteiger partial charge >= 0.3 is 12.0 Å². The van der Waals surface area contributed by atoms with Crippen LogP contribution < -0.4 is 10.6 Å². The Hall–Kier alpha value is -0.910. The van der Waals surface area contributed by atoms with Crippen LogP contribution in [-0.2, 0) is 4.79 Å². The van der Waals surface area contributed by atoms with Gasteiger partial charge in [-0.05, 0) is 30.3 Å². The molecule has 3 N–H and O–H groups in total. The van der Waals surface area contributed by atoms with Crippen molar-refractivity contribution >= 4 is 23.8 Å². The van der Waals surface area contributed by atoms with E-state index in [0.717, 1.165) is 17.9 Å². The molecule has 0 bridgehead atoms. The zero-order valence-electron chi connectivity index (χ0n) is 9.36. The summed E-state index contributed by atoms with van der Waals surface area (Å²) in [5, 5.41) is 13.9. The molecule has 0 saturated carbocycles. The monoisotopic (exact) mass is 246 g/mol. The summed E-state index contributed by atoms with van der Waals surface area (Å²) < 4.78 is 0. The molecule has 1 aliphatic heterocycles. The van der Waals surface area contributed by atoms with Gasteiger partial charge in [0.1, 0.15) is 6.04 Å². The minimum absolute atomic E-state index is 0.383. The van der Waals surface area contributed by atoms with E-state index >= 15 is 0 Å². The van der Waals surface area contributed by atoms with Crippen molar-refractivity contribution in [3.05, 3.63) is 0 Å². The Kier molecular flexibility index (Phi) is 5.45. The van der Waals surface area contributed by atoms with Gasteiger partial charge in [-0.2, -0.15) is 11.8 Å². The predicted octanol–water partition coefficient (Wildman–Crippen LogP) is 0.902. The number of carboxylic acids is 1. The lowest BCUT2D eigenvalue weighted by atomic mass is 10.1. The second kappa shape index (κ2) is 6.62. The van der Waals surface area contributed by atoms with E-state index in [1.807, 2.05) is 11.8 Å². The van der Waals surface area contributed by atoms with Crippen LogP contribution in [-0.4, -0.2) is 41.2 Å². The average Bonchev–Trinajstić information content (AvgIpc) is 2.75. The summed E-state index contributed by atoms with van der Waals surface area (Å²) in [4.78, 5) is 22.1. The lowest BCUT2D eigenvalue weighted by Crippen LogP contribution is -2.46. The number of aliphatic carboxylic acids is 1. The Labute approximate surface area is 99.4 Å². The fraction of sp³-hybridized carbons (Fsp3) is 0.800. The molecular weight excluding hydrogens is 228 g/mol. The molecular formula is C10H18N2O3S. The van der Waals surface area contributed by atoms with Crippen LogP contribution in [0.25, 0.3) is 0 Å². The van der Waals surface area contributed by atoms with Crippen molar-refractivity contribution in [2.75, 3.05) is 18.1 Å². The highest BCUT2D eigenvalue weighted by molar-refractivity contribution is 7.99. The quantitative estimate of drug-likeness (QED) is 0.673. The van der Waals surface area contributed by atoms with Crippen molar-refractivity contribution in [3.63, 3.8) is 0 Å². The summed E-state index contributed by atoms with van der Waals surface area (Å²) in [5.41, 5.74) is 0. The Morgan fingerprint density at radius 1 is 1.56 bits per heavy atom. The Morgan fingerprint density at radius 3 is 2.81 bits per heavy atom. The molecule has 6 heteroatoms. The van der Waals surface area contributed by atoms with Crippen LogP contribution in [0.1, 0.15) is 19.8 Å². The van der Waals surface area contributed by atoms with E-state index in [2.05, 4.69) is 10.6 Å². The van der Waals surface area contributed by atoms with Crippen LogP contribution in [0.4, 0.5) is 4.79 Å². The van der Waals surface area contributed by atoms with E-state index in [1.54, 1.807) is 6.92 Å². The molecule has 16 heavy (non-hydrogen) atoms. The number of rotatable bonds is 5. The van der Waals surface area contributed by atoms with E-state index in [-0.39, 0.29) is 6.03 Å². The highest BCUT2D eigenvalue weighted by atomic mass is 32.2. The van der Waals surface area contributed by atoms with Crippen molar-refractivity contribution in [1.29, 1.82) is 0 Å². The van der Waals surface area contributed by atoms with Gasteiger partial charge in [-0.1, -0.05) is 6.92 Å². The lowest BCUT2D eigenvalue weighted by molar-refractivity contribution is -0.139. The number of carbonyl (C=O) groups is 2. The van der Waals surface area contributed by atoms with Crippen LogP contribution in [0.15, 0.2) is 0 Å². The molecule has 2 unspecified atom stereocenters. The standard InChI is InChI=1S/C10H18N2O3S/c1-2-8(9(13)14)12-10(15)11-5-7-3-4-16-6-7/h7-8H,2-6H2,1H3,(H,13,14)(H2,11,12,15). The minimum Gasteiger partial charge on any atom is -0.480 e. The van der Waals surface area contributed by atoms with Gasteiger partial charge < -0.3 is 15.7 Å². The summed E-state index contributed by atoms with van der Waals surface area (Å²) >= 11 is 1.89. The molecule has 1 aliphatic rings. The normalized spacial score (nSPS) is 21.4. The fourth-order valence-electron chi connectivity index (χ4n) is 1.53. The number of amides is 2. The predicted molar refractivity (Wildman–Crippen MR) is 63.7 cm³/mol. The minimum atomic E-state index is -0.992. The molecule has 2 amide bonds. The number of urea groups is 1. The molecule has 5 nitrogen and oxygen atoms in total. The first-order valence-corrected chi connectivity index (χ1v) is 6.63. The van der Waals surface area contributed by atoms with E-state index in [0.29, 0.717) is 18.9 Å². The van der Waals surface area contributed by atoms with Crippen molar-refractivity contribution in [1.82, 2.24) is 10.6 Å². The third-order valence-electron chi connectivity index (χ3n) is 2.59. The molecule has 0 aromatic carbocycles. The Balaban J connectivity index is 2.21. The summed E-state index contributed by atoms with van der Waals surface area (Å²) in [6.45, 7) is 2.36. The molecule has 0 aromatic rings. The second-order valence-electron chi connectivity index (χ2n) is 3.88. The van der Waals surface area contributed by atoms with Crippen LogP contribution in [0.5, 0.6) is 0 Å². The van der Waals surface area contributed by atoms with E-state index < -0.39 is 12.0 Å². The van der Waals surface area contributed by atoms with Gasteiger partial charge in [0.2, 0.25) is 0 Å². The first-order valence-electron chi connectivity index (χ1n) is 5.48. The maximum atomic E-state index is 11.4. The Morgan fingerprint density at radius 2 is 2.31 bits per heavy atom. The van der Waals surface area contributed by atoms with Gasteiger partial charge in [0.15, 0.2) is 0 Å². The number of nitrogens with one attached hydrogen (secondary N) is 2. The second-order valence-corrected chi connectivity index (χ2v) is 5.03. The maximum absolute atomic E-state index is 11.4. The molecule has 1 rings (SSSR count). The maximum Gasteiger partial charge on any atom is 0.326 e. The topological polar surface area (TPSA) is 78.4 Å². The van der Waals surface area contributed by atoms with Gasteiger partial charge in [-0.25, -0.2) is 9.59 Å². The summed E-state index contributed by atoms with van der Waals surface area (Å²) in [7, 11) is 0. The first-order chi connectivity index (χ1) is 7.63. The van der Waals surface area contributed by atoms with Crippen molar-refractivity contribution in [2.24, 2.45) is 5.92 Å². The van der Waals surface area contributed by atoms with Crippen LogP contribution in [0.3, 0.4) is 0 Å². The fourth-order valence-corrected chi connectivity index (χ4v) is 2.81. The van der Waals surface area contributed by atoms with Crippen molar-refractivity contribution in [2.45, 2.75) is 25.8 Å². The summed E-state index contributed by atoms with van der Waals surface area (Å²) in [6.07, 6.45) is 1.52. The zero-order chi connectivity index (χ0) is 12.0. The van der Waals surface area contributed by atoms with E-state index in [9.17, 15) is 9.59 Å². The molecule has 0 spiro atoms. The third kappa shape index (κ3) is 4.30. The first kappa shape index (κ1) is 13.2. The van der Waals surface area contributed by atoms with Crippen molar-refractivity contribution in [3.8, 4) is 0 Å². The largest absolute Gasteiger partial charge is 0.480 e. The van der Waals surface area contributed by atoms with Gasteiger partial charge in [-0.15, -0.1) is 0 Å². The lowest BCUT2D eigenvalue weighted by Gasteiger charge is -2.14. The average molecular weight is 246 g/mol. The number of thioether (sulfide) groups is 1. The SMILES string of the molecule is CCC(NC(=O)NCC1CCSC1)C(=O)O. The highest BCUT2D eigenvalue weighted by Gasteiger charge is 2.19. The van der Waals surface area contributed by atoms with Gasteiger partial charge in [0, 0.05) is 6.54 Å². The molecule has 2 atom stereocenters. The summed E-state index contributed by atoms with van der Waals surface area (Å²) in [6, 6.07) is -1.18. The molecule has 1 fully saturated rings. The van der Waals surface area contributed by atoms with Gasteiger partial charge in [0.05, 0.1) is 0 Å². The number of hydrogen-bond donors (Lipinski definition) is 3. The van der Waals surface area contributed by atoms with Crippen molar-refractivity contribution < 1.29 is 14.7 Å². The van der Waals surface area contributed by atoms with E-state index in [4.69, 9.17) is 5.11 Å². The molecule has 0 aromatic heterocycles.